The zero-order valence-electron chi connectivity index (χ0n) is 26.1. The molecule has 0 unspecified atom stereocenters. The van der Waals surface area contributed by atoms with Crippen molar-refractivity contribution in [2.75, 3.05) is 4.90 Å². The molecule has 0 bridgehead atoms. The first kappa shape index (κ1) is 27.8. The molecule has 3 nitrogen and oxygen atoms in total. The van der Waals surface area contributed by atoms with Crippen molar-refractivity contribution >= 4 is 49.8 Å². The fourth-order valence-corrected chi connectivity index (χ4v) is 6.72. The van der Waals surface area contributed by atoms with Crippen molar-refractivity contribution in [1.82, 2.24) is 4.98 Å². The van der Waals surface area contributed by atoms with E-state index >= 15 is 0 Å². The van der Waals surface area contributed by atoms with Crippen molar-refractivity contribution < 1.29 is 4.42 Å². The van der Waals surface area contributed by atoms with Crippen LogP contribution in [0.3, 0.4) is 0 Å². The third kappa shape index (κ3) is 4.99. The number of anilines is 3. The second-order valence-corrected chi connectivity index (χ2v) is 12.1. The van der Waals surface area contributed by atoms with Crippen LogP contribution < -0.4 is 4.90 Å². The molecule has 0 aliphatic carbocycles. The topological polar surface area (TPSA) is 29.3 Å². The smallest absolute Gasteiger partial charge is 0.153 e. The van der Waals surface area contributed by atoms with Gasteiger partial charge in [0.25, 0.3) is 0 Å². The Kier molecular flexibility index (Phi) is 6.80. The molecule has 0 N–H and O–H groups in total. The molecule has 9 aromatic rings. The lowest BCUT2D eigenvalue weighted by molar-refractivity contribution is 0.668. The van der Waals surface area contributed by atoms with Crippen molar-refractivity contribution in [3.63, 3.8) is 0 Å². The Balaban J connectivity index is 1.11. The minimum absolute atomic E-state index is 0.800. The number of fused-ring (bicyclic) bond motifs is 4. The largest absolute Gasteiger partial charge is 0.454 e. The van der Waals surface area contributed by atoms with Crippen LogP contribution in [0.15, 0.2) is 187 Å². The quantitative estimate of drug-likeness (QED) is 0.187. The Bertz CT molecular complexity index is 2530. The number of furan rings is 1. The minimum atomic E-state index is 0.800. The zero-order chi connectivity index (χ0) is 31.9. The van der Waals surface area contributed by atoms with Gasteiger partial charge < -0.3 is 9.32 Å². The maximum atomic E-state index is 6.30. The summed E-state index contributed by atoms with van der Waals surface area (Å²) in [7, 11) is 0. The van der Waals surface area contributed by atoms with Crippen molar-refractivity contribution in [3.05, 3.63) is 182 Å². The maximum absolute atomic E-state index is 6.30. The number of aromatic nitrogens is 1. The van der Waals surface area contributed by atoms with E-state index in [2.05, 4.69) is 174 Å². The van der Waals surface area contributed by atoms with Crippen molar-refractivity contribution in [2.24, 2.45) is 0 Å². The van der Waals surface area contributed by atoms with Crippen LogP contribution >= 0.6 is 0 Å². The third-order valence-corrected chi connectivity index (χ3v) is 9.18. The van der Waals surface area contributed by atoms with E-state index in [9.17, 15) is 0 Å². The van der Waals surface area contributed by atoms with Gasteiger partial charge in [-0.1, -0.05) is 121 Å². The molecule has 7 aromatic carbocycles. The monoisotopic (exact) mass is 614 g/mol. The minimum Gasteiger partial charge on any atom is -0.454 e. The average molecular weight is 615 g/mol. The summed E-state index contributed by atoms with van der Waals surface area (Å²) >= 11 is 0. The van der Waals surface area contributed by atoms with Gasteiger partial charge in [0.05, 0.1) is 6.20 Å². The summed E-state index contributed by atoms with van der Waals surface area (Å²) in [6.45, 7) is 0. The molecule has 0 saturated carbocycles. The average Bonchev–Trinajstić information content (AvgIpc) is 3.55. The molecular weight excluding hydrogens is 585 g/mol. The van der Waals surface area contributed by atoms with E-state index in [1.807, 2.05) is 12.3 Å². The molecule has 0 radical (unpaired) electrons. The Labute approximate surface area is 279 Å². The van der Waals surface area contributed by atoms with Crippen molar-refractivity contribution in [3.8, 4) is 33.4 Å². The lowest BCUT2D eigenvalue weighted by atomic mass is 10.00. The molecule has 0 saturated heterocycles. The van der Waals surface area contributed by atoms with Crippen LogP contribution in [0.1, 0.15) is 0 Å². The Morgan fingerprint density at radius 1 is 0.417 bits per heavy atom. The first-order chi connectivity index (χ1) is 23.8. The number of para-hydroxylation sites is 1. The maximum Gasteiger partial charge on any atom is 0.153 e. The van der Waals surface area contributed by atoms with Gasteiger partial charge in [-0.3, -0.25) is 4.98 Å². The molecule has 0 fully saturated rings. The van der Waals surface area contributed by atoms with Gasteiger partial charge >= 0.3 is 0 Å². The number of nitrogens with zero attached hydrogens (tertiary/aromatic N) is 2. The number of rotatable bonds is 6. The van der Waals surface area contributed by atoms with Gasteiger partial charge in [0.15, 0.2) is 5.58 Å². The molecule has 0 amide bonds. The van der Waals surface area contributed by atoms with Gasteiger partial charge in [-0.2, -0.15) is 0 Å². The van der Waals surface area contributed by atoms with Crippen LogP contribution in [-0.2, 0) is 0 Å². The SMILES string of the molecule is c1ccc(-c2ccc(N(c3ccc(-c4ccc5ccccc5c4)cc3)c3ccc(-c4cccc5c4oc4cnccc45)cc3)cc2)cc1. The fraction of sp³-hybridized carbons (Fsp3) is 0. The van der Waals surface area contributed by atoms with E-state index in [0.29, 0.717) is 0 Å². The highest BCUT2D eigenvalue weighted by Gasteiger charge is 2.16. The highest BCUT2D eigenvalue weighted by Crippen LogP contribution is 2.40. The molecule has 0 aliphatic heterocycles. The molecule has 0 aliphatic rings. The fourth-order valence-electron chi connectivity index (χ4n) is 6.72. The van der Waals surface area contributed by atoms with Gasteiger partial charge in [-0.25, -0.2) is 0 Å². The van der Waals surface area contributed by atoms with Crippen LogP contribution in [-0.4, -0.2) is 4.98 Å². The lowest BCUT2D eigenvalue weighted by Crippen LogP contribution is -2.09. The first-order valence-corrected chi connectivity index (χ1v) is 16.2. The van der Waals surface area contributed by atoms with Crippen LogP contribution in [0, 0.1) is 0 Å². The summed E-state index contributed by atoms with van der Waals surface area (Å²) < 4.78 is 6.30. The summed E-state index contributed by atoms with van der Waals surface area (Å²) in [6, 6.07) is 60.5. The molecule has 3 heteroatoms. The van der Waals surface area contributed by atoms with Crippen molar-refractivity contribution in [1.29, 1.82) is 0 Å². The molecular formula is C45H30N2O. The molecule has 9 rings (SSSR count). The van der Waals surface area contributed by atoms with Gasteiger partial charge in [-0.15, -0.1) is 0 Å². The Morgan fingerprint density at radius 2 is 1.00 bits per heavy atom. The van der Waals surface area contributed by atoms with Crippen LogP contribution in [0.25, 0.3) is 66.1 Å². The van der Waals surface area contributed by atoms with Gasteiger partial charge in [-0.05, 0) is 87.1 Å². The Hall–Kier alpha value is -6.45. The molecule has 2 aromatic heterocycles. The molecule has 226 valence electrons. The number of benzene rings is 7. The molecule has 0 spiro atoms. The van der Waals surface area contributed by atoms with E-state index in [1.54, 1.807) is 6.20 Å². The number of pyridine rings is 1. The summed E-state index contributed by atoms with van der Waals surface area (Å²) in [5, 5.41) is 4.67. The van der Waals surface area contributed by atoms with Gasteiger partial charge in [0.2, 0.25) is 0 Å². The van der Waals surface area contributed by atoms with Gasteiger partial charge in [0, 0.05) is 39.6 Å². The second-order valence-electron chi connectivity index (χ2n) is 12.1. The third-order valence-electron chi connectivity index (χ3n) is 9.18. The normalized spacial score (nSPS) is 11.3. The Morgan fingerprint density at radius 3 is 1.71 bits per heavy atom. The van der Waals surface area contributed by atoms with Gasteiger partial charge in [0.1, 0.15) is 5.58 Å². The highest BCUT2D eigenvalue weighted by atomic mass is 16.3. The summed E-state index contributed by atoms with van der Waals surface area (Å²) in [5.41, 5.74) is 11.9. The predicted octanol–water partition coefficient (Wildman–Crippen LogP) is 12.6. The zero-order valence-corrected chi connectivity index (χ0v) is 26.1. The molecule has 2 heterocycles. The van der Waals surface area contributed by atoms with E-state index in [1.165, 1.54) is 33.0 Å². The lowest BCUT2D eigenvalue weighted by Gasteiger charge is -2.26. The van der Waals surface area contributed by atoms with E-state index < -0.39 is 0 Å². The first-order valence-electron chi connectivity index (χ1n) is 16.2. The van der Waals surface area contributed by atoms with E-state index in [-0.39, 0.29) is 0 Å². The number of hydrogen-bond acceptors (Lipinski definition) is 3. The summed E-state index contributed by atoms with van der Waals surface area (Å²) in [5.74, 6) is 0. The molecule has 48 heavy (non-hydrogen) atoms. The van der Waals surface area contributed by atoms with E-state index in [4.69, 9.17) is 4.42 Å². The molecule has 0 atom stereocenters. The number of hydrogen-bond donors (Lipinski definition) is 0. The predicted molar refractivity (Wildman–Crippen MR) is 200 cm³/mol. The summed E-state index contributed by atoms with van der Waals surface area (Å²) in [4.78, 5) is 6.57. The summed E-state index contributed by atoms with van der Waals surface area (Å²) in [6.07, 6.45) is 3.60. The van der Waals surface area contributed by atoms with Crippen LogP contribution in [0.4, 0.5) is 17.1 Å². The van der Waals surface area contributed by atoms with Crippen LogP contribution in [0.5, 0.6) is 0 Å². The second kappa shape index (κ2) is 11.7. The van der Waals surface area contributed by atoms with E-state index in [0.717, 1.165) is 50.1 Å². The van der Waals surface area contributed by atoms with Crippen molar-refractivity contribution in [2.45, 2.75) is 0 Å². The van der Waals surface area contributed by atoms with Crippen LogP contribution in [0.2, 0.25) is 0 Å². The standard InChI is InChI=1S/C45H30N2O/c1-2-7-31(8-3-1)33-15-21-38(22-16-33)47(39-23-17-34(18-24-39)37-14-13-32-9-4-5-10-36(32)29-37)40-25-19-35(20-26-40)41-11-6-12-43-42-27-28-46-30-44(42)48-45(41)43/h1-30H. The highest BCUT2D eigenvalue weighted by molar-refractivity contribution is 6.09.